The maximum atomic E-state index is 11.4. The second-order valence-electron chi connectivity index (χ2n) is 3.98. The molecule has 3 N–H and O–H groups in total. The Bertz CT molecular complexity index is 257. The molecule has 4 nitrogen and oxygen atoms in total. The molecule has 0 atom stereocenters. The lowest BCUT2D eigenvalue weighted by Crippen LogP contribution is -2.51. The topological polar surface area (TPSA) is 72.2 Å². The zero-order chi connectivity index (χ0) is 9.95. The number of nitrogens with one attached hydrogen (secondary N) is 1. The first-order chi connectivity index (χ1) is 5.97. The Morgan fingerprint density at radius 3 is 2.46 bits per heavy atom. The fourth-order valence-electron chi connectivity index (χ4n) is 1.51. The second kappa shape index (κ2) is 3.94. The van der Waals surface area contributed by atoms with Gasteiger partial charge in [0.15, 0.2) is 0 Å². The largest absolute Gasteiger partial charge is 0.330 e. The average Bonchev–Trinajstić information content (AvgIpc) is 1.97. The molecule has 1 aliphatic rings. The fraction of sp³-hybridized carbons (Fsp3) is 1.00. The smallest absolute Gasteiger partial charge is 0.212 e. The van der Waals surface area contributed by atoms with Crippen LogP contribution in [0.25, 0.3) is 0 Å². The fourth-order valence-corrected chi connectivity index (χ4v) is 3.11. The van der Waals surface area contributed by atoms with Gasteiger partial charge in [-0.15, -0.1) is 0 Å². The first-order valence-electron chi connectivity index (χ1n) is 4.69. The van der Waals surface area contributed by atoms with Crippen LogP contribution >= 0.6 is 0 Å². The summed E-state index contributed by atoms with van der Waals surface area (Å²) in [6.07, 6.45) is 3.56. The van der Waals surface area contributed by atoms with Crippen LogP contribution < -0.4 is 10.5 Å². The van der Waals surface area contributed by atoms with Crippen LogP contribution in [-0.2, 0) is 10.0 Å². The van der Waals surface area contributed by atoms with Crippen molar-refractivity contribution < 1.29 is 8.42 Å². The Morgan fingerprint density at radius 2 is 2.08 bits per heavy atom. The quantitative estimate of drug-likeness (QED) is 0.675. The van der Waals surface area contributed by atoms with Gasteiger partial charge in [0.1, 0.15) is 0 Å². The Hall–Kier alpha value is -0.130. The van der Waals surface area contributed by atoms with Crippen LogP contribution in [0.3, 0.4) is 0 Å². The van der Waals surface area contributed by atoms with Crippen molar-refractivity contribution in [1.82, 2.24) is 4.72 Å². The maximum absolute atomic E-state index is 11.4. The van der Waals surface area contributed by atoms with Crippen LogP contribution in [0.2, 0.25) is 0 Å². The molecule has 0 amide bonds. The van der Waals surface area contributed by atoms with Crippen LogP contribution in [0.4, 0.5) is 0 Å². The van der Waals surface area contributed by atoms with Gasteiger partial charge in [-0.05, 0) is 39.2 Å². The van der Waals surface area contributed by atoms with E-state index in [9.17, 15) is 8.42 Å². The minimum absolute atomic E-state index is 0.152. The van der Waals surface area contributed by atoms with Crippen LogP contribution in [0, 0.1) is 0 Å². The third kappa shape index (κ3) is 3.25. The normalized spacial score (nSPS) is 21.1. The standard InChI is InChI=1S/C8H18N2O2S/c1-8(4-2-5-8)10-13(11,12)7-3-6-9/h10H,2-7,9H2,1H3. The Labute approximate surface area is 79.9 Å². The van der Waals surface area contributed by atoms with E-state index < -0.39 is 10.0 Å². The van der Waals surface area contributed by atoms with Crippen molar-refractivity contribution >= 4 is 10.0 Å². The molecule has 0 bridgehead atoms. The summed E-state index contributed by atoms with van der Waals surface area (Å²) in [6, 6.07) is 0. The van der Waals surface area contributed by atoms with Crippen molar-refractivity contribution in [3.8, 4) is 0 Å². The number of rotatable bonds is 5. The van der Waals surface area contributed by atoms with Gasteiger partial charge in [-0.25, -0.2) is 13.1 Å². The lowest BCUT2D eigenvalue weighted by atomic mass is 9.80. The average molecular weight is 206 g/mol. The monoisotopic (exact) mass is 206 g/mol. The second-order valence-corrected chi connectivity index (χ2v) is 5.82. The summed E-state index contributed by atoms with van der Waals surface area (Å²) in [7, 11) is -3.09. The summed E-state index contributed by atoms with van der Waals surface area (Å²) in [4.78, 5) is 0. The van der Waals surface area contributed by atoms with Crippen molar-refractivity contribution in [2.75, 3.05) is 12.3 Å². The molecule has 13 heavy (non-hydrogen) atoms. The van der Waals surface area contributed by atoms with Gasteiger partial charge >= 0.3 is 0 Å². The molecular formula is C8H18N2O2S. The predicted molar refractivity (Wildman–Crippen MR) is 52.8 cm³/mol. The highest BCUT2D eigenvalue weighted by molar-refractivity contribution is 7.89. The maximum Gasteiger partial charge on any atom is 0.212 e. The summed E-state index contributed by atoms with van der Waals surface area (Å²) < 4.78 is 25.6. The summed E-state index contributed by atoms with van der Waals surface area (Å²) in [6.45, 7) is 2.38. The van der Waals surface area contributed by atoms with Crippen molar-refractivity contribution in [2.45, 2.75) is 38.1 Å². The van der Waals surface area contributed by atoms with E-state index >= 15 is 0 Å². The van der Waals surface area contributed by atoms with Gasteiger partial charge < -0.3 is 5.73 Å². The molecule has 0 heterocycles. The van der Waals surface area contributed by atoms with E-state index in [-0.39, 0.29) is 11.3 Å². The van der Waals surface area contributed by atoms with Gasteiger partial charge in [0.25, 0.3) is 0 Å². The highest BCUT2D eigenvalue weighted by Gasteiger charge is 2.35. The molecule has 0 spiro atoms. The van der Waals surface area contributed by atoms with Gasteiger partial charge in [0.05, 0.1) is 5.75 Å². The summed E-state index contributed by atoms with van der Waals surface area (Å²) in [5.41, 5.74) is 5.08. The highest BCUT2D eigenvalue weighted by Crippen LogP contribution is 2.31. The first-order valence-corrected chi connectivity index (χ1v) is 6.34. The molecule has 0 saturated heterocycles. The lowest BCUT2D eigenvalue weighted by Gasteiger charge is -2.38. The molecule has 1 saturated carbocycles. The molecule has 0 aliphatic heterocycles. The van der Waals surface area contributed by atoms with Crippen LogP contribution in [0.15, 0.2) is 0 Å². The Balaban J connectivity index is 2.42. The van der Waals surface area contributed by atoms with Crippen LogP contribution in [0.1, 0.15) is 32.6 Å². The number of hydrogen-bond acceptors (Lipinski definition) is 3. The van der Waals surface area contributed by atoms with Gasteiger partial charge in [-0.3, -0.25) is 0 Å². The molecule has 0 radical (unpaired) electrons. The predicted octanol–water partition coefficient (Wildman–Crippen LogP) is 0.197. The molecule has 0 aromatic heterocycles. The van der Waals surface area contributed by atoms with Crippen molar-refractivity contribution in [2.24, 2.45) is 5.73 Å². The Morgan fingerprint density at radius 1 is 1.46 bits per heavy atom. The molecule has 0 aromatic carbocycles. The third-order valence-electron chi connectivity index (χ3n) is 2.48. The molecule has 1 rings (SSSR count). The third-order valence-corrected chi connectivity index (χ3v) is 4.11. The first kappa shape index (κ1) is 10.9. The van der Waals surface area contributed by atoms with E-state index in [1.54, 1.807) is 0 Å². The van der Waals surface area contributed by atoms with Gasteiger partial charge in [0, 0.05) is 5.54 Å². The molecule has 1 aliphatic carbocycles. The van der Waals surface area contributed by atoms with E-state index in [1.807, 2.05) is 6.92 Å². The van der Waals surface area contributed by atoms with Gasteiger partial charge in [-0.1, -0.05) is 0 Å². The van der Waals surface area contributed by atoms with E-state index in [1.165, 1.54) is 0 Å². The van der Waals surface area contributed by atoms with Gasteiger partial charge in [0.2, 0.25) is 10.0 Å². The highest BCUT2D eigenvalue weighted by atomic mass is 32.2. The SMILES string of the molecule is CC1(NS(=O)(=O)CCCN)CCC1. The summed E-state index contributed by atoms with van der Waals surface area (Å²) >= 11 is 0. The van der Waals surface area contributed by atoms with Crippen molar-refractivity contribution in [3.63, 3.8) is 0 Å². The molecule has 5 heteroatoms. The Kier molecular flexibility index (Phi) is 3.32. The van der Waals surface area contributed by atoms with E-state index in [0.29, 0.717) is 13.0 Å². The molecule has 0 aromatic rings. The van der Waals surface area contributed by atoms with Gasteiger partial charge in [-0.2, -0.15) is 0 Å². The molecule has 78 valence electrons. The van der Waals surface area contributed by atoms with Crippen LogP contribution in [0.5, 0.6) is 0 Å². The molecule has 0 unspecified atom stereocenters. The molecule has 1 fully saturated rings. The number of nitrogens with two attached hydrogens (primary N) is 1. The van der Waals surface area contributed by atoms with Crippen LogP contribution in [-0.4, -0.2) is 26.3 Å². The van der Waals surface area contributed by atoms with Crippen molar-refractivity contribution in [3.05, 3.63) is 0 Å². The number of sulfonamides is 1. The van der Waals surface area contributed by atoms with E-state index in [4.69, 9.17) is 5.73 Å². The summed E-state index contributed by atoms with van der Waals surface area (Å²) in [5.74, 6) is 0.152. The lowest BCUT2D eigenvalue weighted by molar-refractivity contribution is 0.248. The minimum Gasteiger partial charge on any atom is -0.330 e. The van der Waals surface area contributed by atoms with E-state index in [2.05, 4.69) is 4.72 Å². The van der Waals surface area contributed by atoms with E-state index in [0.717, 1.165) is 19.3 Å². The summed E-state index contributed by atoms with van der Waals surface area (Å²) in [5, 5.41) is 0. The number of hydrogen-bond donors (Lipinski definition) is 2. The zero-order valence-corrected chi connectivity index (χ0v) is 8.86. The van der Waals surface area contributed by atoms with Crippen molar-refractivity contribution in [1.29, 1.82) is 0 Å². The zero-order valence-electron chi connectivity index (χ0n) is 8.04. The molecular weight excluding hydrogens is 188 g/mol. The minimum atomic E-state index is -3.09.